The van der Waals surface area contributed by atoms with E-state index in [-0.39, 0.29) is 17.1 Å². The number of rotatable bonds is 2. The molecule has 29 heavy (non-hydrogen) atoms. The highest BCUT2D eigenvalue weighted by molar-refractivity contribution is 7.94. The molecule has 1 fully saturated rings. The number of benzene rings is 1. The minimum atomic E-state index is -3.76. The van der Waals surface area contributed by atoms with E-state index in [0.29, 0.717) is 19.4 Å². The highest BCUT2D eigenvalue weighted by Gasteiger charge is 2.39. The van der Waals surface area contributed by atoms with Gasteiger partial charge in [0.2, 0.25) is 5.91 Å². The van der Waals surface area contributed by atoms with Crippen molar-refractivity contribution in [3.63, 3.8) is 0 Å². The first-order valence-corrected chi connectivity index (χ1v) is 10.6. The number of likely N-dealkylation sites (tertiary alicyclic amines) is 1. The number of anilines is 3. The van der Waals surface area contributed by atoms with Crippen LogP contribution < -0.4 is 13.9 Å². The smallest absolute Gasteiger partial charge is 0.410 e. The Kier molecular flexibility index (Phi) is 5.14. The lowest BCUT2D eigenvalue weighted by molar-refractivity contribution is -0.120. The summed E-state index contributed by atoms with van der Waals surface area (Å²) in [5.41, 5.74) is -0.421. The van der Waals surface area contributed by atoms with Gasteiger partial charge in [-0.1, -0.05) is 0 Å². The Morgan fingerprint density at radius 1 is 1.17 bits per heavy atom. The largest absolute Gasteiger partial charge is 0.444 e. The lowest BCUT2D eigenvalue weighted by Gasteiger charge is -2.28. The molecule has 0 radical (unpaired) electrons. The normalized spacial score (nSPS) is 20.6. The van der Waals surface area contributed by atoms with Gasteiger partial charge in [0.1, 0.15) is 17.5 Å². The van der Waals surface area contributed by atoms with Gasteiger partial charge in [-0.2, -0.15) is 8.42 Å². The zero-order valence-electron chi connectivity index (χ0n) is 17.0. The molecule has 9 nitrogen and oxygen atoms in total. The van der Waals surface area contributed by atoms with E-state index in [1.165, 1.54) is 25.1 Å². The van der Waals surface area contributed by atoms with Gasteiger partial charge in [-0.15, -0.1) is 0 Å². The van der Waals surface area contributed by atoms with Gasteiger partial charge >= 0.3 is 16.3 Å². The van der Waals surface area contributed by atoms with Crippen LogP contribution in [0.2, 0.25) is 0 Å². The number of carbonyl (C=O) groups is 2. The third-order valence-corrected chi connectivity index (χ3v) is 6.65. The van der Waals surface area contributed by atoms with Crippen molar-refractivity contribution in [2.75, 3.05) is 34.6 Å². The Bertz CT molecular complexity index is 960. The molecular formula is C18H25FN4O5S. The second-order valence-corrected chi connectivity index (χ2v) is 10.1. The van der Waals surface area contributed by atoms with Crippen molar-refractivity contribution in [3.8, 4) is 0 Å². The third kappa shape index (κ3) is 3.83. The SMILES string of the molecule is CN1c2cc(F)c(NC(=O)C3CCCN3C(=O)OC(C)(C)C)cc2N(C)S1(=O)=O. The van der Waals surface area contributed by atoms with Crippen molar-refractivity contribution in [2.24, 2.45) is 0 Å². The number of fused-ring (bicyclic) bond motifs is 1. The molecule has 2 heterocycles. The number of halogens is 1. The Morgan fingerprint density at radius 2 is 1.76 bits per heavy atom. The predicted molar refractivity (Wildman–Crippen MR) is 107 cm³/mol. The summed E-state index contributed by atoms with van der Waals surface area (Å²) in [4.78, 5) is 26.5. The first kappa shape index (κ1) is 21.2. The van der Waals surface area contributed by atoms with E-state index in [9.17, 15) is 22.4 Å². The average molecular weight is 428 g/mol. The fourth-order valence-electron chi connectivity index (χ4n) is 3.38. The minimum absolute atomic E-state index is 0.151. The number of amides is 2. The van der Waals surface area contributed by atoms with Crippen molar-refractivity contribution < 1.29 is 27.1 Å². The maximum absolute atomic E-state index is 14.6. The summed E-state index contributed by atoms with van der Waals surface area (Å²) >= 11 is 0. The van der Waals surface area contributed by atoms with Crippen molar-refractivity contribution in [2.45, 2.75) is 45.3 Å². The standard InChI is InChI=1S/C18H25FN4O5S/c1-18(2,3)28-17(25)23-8-6-7-13(23)16(24)20-12-10-15-14(9-11(12)19)21(4)29(26,27)22(15)5/h9-10,13H,6-8H2,1-5H3,(H,20,24). The van der Waals surface area contributed by atoms with Gasteiger partial charge in [-0.25, -0.2) is 9.18 Å². The molecule has 0 saturated carbocycles. The molecule has 2 aliphatic heterocycles. The van der Waals surface area contributed by atoms with Crippen LogP contribution in [0.3, 0.4) is 0 Å². The number of nitrogens with one attached hydrogen (secondary N) is 1. The van der Waals surface area contributed by atoms with Crippen LogP contribution >= 0.6 is 0 Å². The summed E-state index contributed by atoms with van der Waals surface area (Å²) in [5.74, 6) is -1.32. The highest BCUT2D eigenvalue weighted by atomic mass is 32.2. The Labute approximate surface area is 169 Å². The second kappa shape index (κ2) is 7.05. The quantitative estimate of drug-likeness (QED) is 0.779. The molecule has 2 aliphatic rings. The zero-order chi connectivity index (χ0) is 21.7. The van der Waals surface area contributed by atoms with Crippen LogP contribution in [0.25, 0.3) is 0 Å². The lowest BCUT2D eigenvalue weighted by Crippen LogP contribution is -2.45. The maximum atomic E-state index is 14.6. The topological polar surface area (TPSA) is 99.3 Å². The van der Waals surface area contributed by atoms with Gasteiger partial charge in [0.15, 0.2) is 0 Å². The monoisotopic (exact) mass is 428 g/mol. The van der Waals surface area contributed by atoms with Gasteiger partial charge < -0.3 is 10.1 Å². The molecule has 1 unspecified atom stereocenters. The average Bonchev–Trinajstić information content (AvgIpc) is 3.15. The van der Waals surface area contributed by atoms with Gasteiger partial charge in [0.05, 0.1) is 17.1 Å². The number of hydrogen-bond donors (Lipinski definition) is 1. The number of ether oxygens (including phenoxy) is 1. The van der Waals surface area contributed by atoms with E-state index in [1.807, 2.05) is 0 Å². The van der Waals surface area contributed by atoms with Crippen LogP contribution in [-0.4, -0.2) is 57.6 Å². The van der Waals surface area contributed by atoms with Gasteiger partial charge in [0.25, 0.3) is 0 Å². The lowest BCUT2D eigenvalue weighted by atomic mass is 10.1. The Morgan fingerprint density at radius 3 is 2.34 bits per heavy atom. The molecule has 2 amide bonds. The van der Waals surface area contributed by atoms with E-state index in [0.717, 1.165) is 14.7 Å². The van der Waals surface area contributed by atoms with Crippen LogP contribution in [0, 0.1) is 5.82 Å². The summed E-state index contributed by atoms with van der Waals surface area (Å²) in [6.45, 7) is 5.57. The molecule has 0 aliphatic carbocycles. The van der Waals surface area contributed by atoms with Gasteiger partial charge in [-0.05, 0) is 39.7 Å². The minimum Gasteiger partial charge on any atom is -0.444 e. The number of carbonyl (C=O) groups excluding carboxylic acids is 2. The first-order chi connectivity index (χ1) is 13.3. The highest BCUT2D eigenvalue weighted by Crippen LogP contribution is 2.41. The molecule has 1 N–H and O–H groups in total. The first-order valence-electron chi connectivity index (χ1n) is 9.20. The van der Waals surface area contributed by atoms with E-state index < -0.39 is 39.7 Å². The van der Waals surface area contributed by atoms with Crippen LogP contribution in [0.5, 0.6) is 0 Å². The van der Waals surface area contributed by atoms with E-state index in [1.54, 1.807) is 20.8 Å². The van der Waals surface area contributed by atoms with Crippen LogP contribution in [0.4, 0.5) is 26.2 Å². The van der Waals surface area contributed by atoms with Gasteiger partial charge in [-0.3, -0.25) is 18.3 Å². The molecule has 0 spiro atoms. The fourth-order valence-corrected chi connectivity index (χ4v) is 4.54. The summed E-state index contributed by atoms with van der Waals surface area (Å²) in [6.07, 6.45) is 0.446. The zero-order valence-corrected chi connectivity index (χ0v) is 17.8. The van der Waals surface area contributed by atoms with Gasteiger partial charge in [0, 0.05) is 26.7 Å². The summed E-state index contributed by atoms with van der Waals surface area (Å²) < 4.78 is 46.3. The molecule has 0 aromatic heterocycles. The molecule has 1 aromatic carbocycles. The fraction of sp³-hybridized carbons (Fsp3) is 0.556. The van der Waals surface area contributed by atoms with Crippen LogP contribution in [0.1, 0.15) is 33.6 Å². The predicted octanol–water partition coefficient (Wildman–Crippen LogP) is 2.29. The second-order valence-electron chi connectivity index (χ2n) is 8.08. The van der Waals surface area contributed by atoms with Crippen molar-refractivity contribution >= 4 is 39.3 Å². The molecule has 1 saturated heterocycles. The number of hydrogen-bond acceptors (Lipinski definition) is 5. The number of nitrogens with zero attached hydrogens (tertiary/aromatic N) is 3. The molecule has 160 valence electrons. The molecule has 1 atom stereocenters. The van der Waals surface area contributed by atoms with E-state index in [4.69, 9.17) is 4.74 Å². The van der Waals surface area contributed by atoms with E-state index >= 15 is 0 Å². The molecule has 3 rings (SSSR count). The maximum Gasteiger partial charge on any atom is 0.410 e. The third-order valence-electron chi connectivity index (χ3n) is 4.88. The van der Waals surface area contributed by atoms with Crippen LogP contribution in [-0.2, 0) is 19.7 Å². The summed E-state index contributed by atoms with van der Waals surface area (Å²) in [7, 11) is -1.08. The molecule has 11 heteroatoms. The summed E-state index contributed by atoms with van der Waals surface area (Å²) in [6, 6.07) is 1.55. The van der Waals surface area contributed by atoms with E-state index in [2.05, 4.69) is 5.32 Å². The summed E-state index contributed by atoms with van der Waals surface area (Å²) in [5, 5.41) is 2.49. The molecule has 0 bridgehead atoms. The molecule has 1 aromatic rings. The van der Waals surface area contributed by atoms with Crippen molar-refractivity contribution in [1.29, 1.82) is 0 Å². The Hall–Kier alpha value is -2.56. The van der Waals surface area contributed by atoms with Crippen LogP contribution in [0.15, 0.2) is 12.1 Å². The van der Waals surface area contributed by atoms with Crippen molar-refractivity contribution in [1.82, 2.24) is 4.90 Å². The molecular weight excluding hydrogens is 403 g/mol. The van der Waals surface area contributed by atoms with Crippen molar-refractivity contribution in [3.05, 3.63) is 17.9 Å². The Balaban J connectivity index is 1.81.